The normalized spacial score (nSPS) is 29.1. The van der Waals surface area contributed by atoms with Gasteiger partial charge in [-0.2, -0.15) is 0 Å². The van der Waals surface area contributed by atoms with Gasteiger partial charge in [0.05, 0.1) is 17.9 Å². The monoisotopic (exact) mass is 508 g/mol. The minimum Gasteiger partial charge on any atom is -0.462 e. The van der Waals surface area contributed by atoms with Crippen LogP contribution in [-0.2, 0) is 29.3 Å². The number of hydrogen-bond acceptors (Lipinski definition) is 6. The standard InChI is InChI=1S/C29H33FN2O5/c1-5-36-25(34)22-24(31)37-20-14-27(3,4)13-19(33)21(20)29(22)18-11-16(30)10-17-15(2)12-28(8-6-7-9-28)32(23(17)18)26(29)35/h10-11,15H,5-9,12-14,31H2,1-4H3/t15-,29+/m0/s1. The fraction of sp³-hybridized carbons (Fsp3) is 0.552. The molecule has 0 radical (unpaired) electrons. The van der Waals surface area contributed by atoms with E-state index in [1.165, 1.54) is 12.1 Å². The molecule has 1 amide bonds. The van der Waals surface area contributed by atoms with Crippen LogP contribution in [0, 0.1) is 11.2 Å². The number of nitrogens with zero attached hydrogens (tertiary/aromatic N) is 1. The Labute approximate surface area is 215 Å². The van der Waals surface area contributed by atoms with E-state index in [1.54, 1.807) is 11.8 Å². The zero-order valence-electron chi connectivity index (χ0n) is 21.8. The molecule has 1 aromatic carbocycles. The fourth-order valence-electron chi connectivity index (χ4n) is 7.80. The molecule has 1 fully saturated rings. The molecule has 0 aromatic heterocycles. The van der Waals surface area contributed by atoms with Crippen LogP contribution in [0.15, 0.2) is 34.9 Å². The average molecular weight is 509 g/mol. The number of Topliss-reactive ketones (excluding diaryl/α,β-unsaturated/α-hetero) is 1. The smallest absolute Gasteiger partial charge is 0.341 e. The number of rotatable bonds is 2. The van der Waals surface area contributed by atoms with Gasteiger partial charge in [-0.3, -0.25) is 9.59 Å². The molecule has 0 unspecified atom stereocenters. The molecule has 196 valence electrons. The van der Waals surface area contributed by atoms with E-state index >= 15 is 9.18 Å². The van der Waals surface area contributed by atoms with E-state index in [4.69, 9.17) is 15.2 Å². The van der Waals surface area contributed by atoms with Gasteiger partial charge in [-0.25, -0.2) is 9.18 Å². The number of carbonyl (C=O) groups is 3. The Morgan fingerprint density at radius 3 is 2.59 bits per heavy atom. The second-order valence-corrected chi connectivity index (χ2v) is 12.1. The van der Waals surface area contributed by atoms with Crippen molar-refractivity contribution in [3.8, 4) is 0 Å². The zero-order valence-corrected chi connectivity index (χ0v) is 21.8. The van der Waals surface area contributed by atoms with E-state index < -0.39 is 34.1 Å². The molecule has 7 nitrogen and oxygen atoms in total. The quantitative estimate of drug-likeness (QED) is 0.585. The van der Waals surface area contributed by atoms with Crippen molar-refractivity contribution in [2.24, 2.45) is 11.1 Å². The molecule has 6 rings (SSSR count). The molecule has 0 saturated heterocycles. The summed E-state index contributed by atoms with van der Waals surface area (Å²) in [7, 11) is 0. The molecule has 2 aliphatic carbocycles. The number of carbonyl (C=O) groups excluding carboxylic acids is 3. The molecular formula is C29H33FN2O5. The summed E-state index contributed by atoms with van der Waals surface area (Å²) in [5.41, 5.74) is 5.18. The third-order valence-electron chi connectivity index (χ3n) is 9.03. The minimum atomic E-state index is -1.90. The summed E-state index contributed by atoms with van der Waals surface area (Å²) >= 11 is 0. The Morgan fingerprint density at radius 2 is 1.92 bits per heavy atom. The lowest BCUT2D eigenvalue weighted by Gasteiger charge is -2.47. The molecule has 3 heterocycles. The largest absolute Gasteiger partial charge is 0.462 e. The molecule has 2 atom stereocenters. The second-order valence-electron chi connectivity index (χ2n) is 12.1. The number of nitrogens with two attached hydrogens (primary N) is 1. The highest BCUT2D eigenvalue weighted by Crippen LogP contribution is 2.64. The predicted molar refractivity (Wildman–Crippen MR) is 134 cm³/mol. The predicted octanol–water partition coefficient (Wildman–Crippen LogP) is 4.64. The molecule has 2 N–H and O–H groups in total. The first-order chi connectivity index (χ1) is 17.5. The molecule has 37 heavy (non-hydrogen) atoms. The van der Waals surface area contributed by atoms with Crippen LogP contribution in [0.5, 0.6) is 0 Å². The number of fused-ring (bicyclic) bond motifs is 3. The number of amides is 1. The SMILES string of the molecule is CCOC(=O)C1=C(N)OC2=C(C(=O)CC(C)(C)C2)[C@@]12C(=O)N1c3c(cc(F)cc32)[C@@H](C)CC12CCCC2. The van der Waals surface area contributed by atoms with Gasteiger partial charge in [-0.15, -0.1) is 0 Å². The number of benzene rings is 1. The van der Waals surface area contributed by atoms with E-state index in [2.05, 4.69) is 6.92 Å². The Kier molecular flexibility index (Phi) is 5.02. The molecule has 3 aliphatic heterocycles. The molecule has 8 heteroatoms. The second kappa shape index (κ2) is 7.68. The van der Waals surface area contributed by atoms with E-state index in [9.17, 15) is 9.59 Å². The maximum absolute atomic E-state index is 15.4. The average Bonchev–Trinajstić information content (AvgIpc) is 3.34. The van der Waals surface area contributed by atoms with E-state index in [0.717, 1.165) is 31.2 Å². The van der Waals surface area contributed by atoms with Crippen molar-refractivity contribution >= 4 is 23.3 Å². The van der Waals surface area contributed by atoms with Crippen molar-refractivity contribution < 1.29 is 28.2 Å². The highest BCUT2D eigenvalue weighted by Gasteiger charge is 2.68. The summed E-state index contributed by atoms with van der Waals surface area (Å²) in [6.45, 7) is 7.65. The van der Waals surface area contributed by atoms with Crippen LogP contribution in [0.25, 0.3) is 0 Å². The van der Waals surface area contributed by atoms with Crippen molar-refractivity contribution in [1.82, 2.24) is 0 Å². The first-order valence-corrected chi connectivity index (χ1v) is 13.3. The number of allylic oxidation sites excluding steroid dienone is 1. The van der Waals surface area contributed by atoms with E-state index in [0.29, 0.717) is 24.1 Å². The van der Waals surface area contributed by atoms with Crippen LogP contribution in [0.2, 0.25) is 0 Å². The Hall–Kier alpha value is -3.16. The molecule has 0 bridgehead atoms. The summed E-state index contributed by atoms with van der Waals surface area (Å²) in [6, 6.07) is 2.80. The highest BCUT2D eigenvalue weighted by atomic mass is 19.1. The van der Waals surface area contributed by atoms with Gasteiger partial charge >= 0.3 is 5.97 Å². The van der Waals surface area contributed by atoms with Gasteiger partial charge in [-0.05, 0) is 55.2 Å². The summed E-state index contributed by atoms with van der Waals surface area (Å²) in [5.74, 6) is -2.03. The number of halogens is 1. The molecule has 1 saturated carbocycles. The lowest BCUT2D eigenvalue weighted by molar-refractivity contribution is -0.141. The lowest BCUT2D eigenvalue weighted by atomic mass is 9.61. The van der Waals surface area contributed by atoms with Crippen molar-refractivity contribution in [3.05, 3.63) is 51.9 Å². The van der Waals surface area contributed by atoms with Crippen LogP contribution in [0.4, 0.5) is 10.1 Å². The minimum absolute atomic E-state index is 0.00315. The number of hydrogen-bond donors (Lipinski definition) is 1. The first-order valence-electron chi connectivity index (χ1n) is 13.3. The van der Waals surface area contributed by atoms with Crippen LogP contribution < -0.4 is 10.6 Å². The number of anilines is 1. The van der Waals surface area contributed by atoms with Gasteiger partial charge in [0.1, 0.15) is 22.6 Å². The van der Waals surface area contributed by atoms with Gasteiger partial charge in [0.25, 0.3) is 0 Å². The highest BCUT2D eigenvalue weighted by molar-refractivity contribution is 6.24. The number of ketones is 1. The van der Waals surface area contributed by atoms with Crippen molar-refractivity contribution in [2.45, 2.75) is 89.5 Å². The van der Waals surface area contributed by atoms with Gasteiger partial charge in [-0.1, -0.05) is 33.6 Å². The van der Waals surface area contributed by atoms with E-state index in [-0.39, 0.29) is 47.5 Å². The number of esters is 1. The van der Waals surface area contributed by atoms with Gasteiger partial charge in [0.2, 0.25) is 11.8 Å². The summed E-state index contributed by atoms with van der Waals surface area (Å²) in [4.78, 5) is 44.3. The van der Waals surface area contributed by atoms with Crippen LogP contribution >= 0.6 is 0 Å². The molecule has 5 aliphatic rings. The van der Waals surface area contributed by atoms with Crippen LogP contribution in [0.1, 0.15) is 89.7 Å². The summed E-state index contributed by atoms with van der Waals surface area (Å²) in [6.07, 6.45) is 4.80. The summed E-state index contributed by atoms with van der Waals surface area (Å²) < 4.78 is 26.7. The molecule has 2 spiro atoms. The summed E-state index contributed by atoms with van der Waals surface area (Å²) in [5, 5.41) is 0. The van der Waals surface area contributed by atoms with Crippen molar-refractivity contribution in [1.29, 1.82) is 0 Å². The van der Waals surface area contributed by atoms with Crippen LogP contribution in [0.3, 0.4) is 0 Å². The first kappa shape index (κ1) is 24.2. The fourth-order valence-corrected chi connectivity index (χ4v) is 7.80. The Bertz CT molecular complexity index is 1340. The number of ether oxygens (including phenoxy) is 2. The van der Waals surface area contributed by atoms with Crippen LogP contribution in [-0.4, -0.2) is 29.8 Å². The molecular weight excluding hydrogens is 475 g/mol. The lowest BCUT2D eigenvalue weighted by Crippen LogP contribution is -2.58. The topological polar surface area (TPSA) is 98.9 Å². The van der Waals surface area contributed by atoms with Gasteiger partial charge in [0.15, 0.2) is 5.78 Å². The van der Waals surface area contributed by atoms with Crippen molar-refractivity contribution in [2.75, 3.05) is 11.5 Å². The Morgan fingerprint density at radius 1 is 1.22 bits per heavy atom. The van der Waals surface area contributed by atoms with Crippen molar-refractivity contribution in [3.63, 3.8) is 0 Å². The van der Waals surface area contributed by atoms with Gasteiger partial charge < -0.3 is 20.1 Å². The molecule has 1 aromatic rings. The maximum atomic E-state index is 15.4. The van der Waals surface area contributed by atoms with Gasteiger partial charge in [0, 0.05) is 23.9 Å². The van der Waals surface area contributed by atoms with E-state index in [1.807, 2.05) is 13.8 Å². The third-order valence-corrected chi connectivity index (χ3v) is 9.03. The third kappa shape index (κ3) is 3.01. The maximum Gasteiger partial charge on any atom is 0.341 e. The Balaban J connectivity index is 1.74. The zero-order chi connectivity index (χ0) is 26.5.